The third-order valence-electron chi connectivity index (χ3n) is 6.99. The summed E-state index contributed by atoms with van der Waals surface area (Å²) in [6.07, 6.45) is 12.8. The number of fused-ring (bicyclic) bond motifs is 4. The molecule has 1 aliphatic rings. The van der Waals surface area contributed by atoms with E-state index in [-0.39, 0.29) is 31.2 Å². The number of hydrogen-bond acceptors (Lipinski definition) is 4. The van der Waals surface area contributed by atoms with Crippen LogP contribution < -0.4 is 0 Å². The zero-order valence-corrected chi connectivity index (χ0v) is 33.1. The fraction of sp³-hybridized carbons (Fsp3) is 0.103. The topological polar surface area (TPSA) is 61.4 Å². The van der Waals surface area contributed by atoms with Crippen molar-refractivity contribution in [2.24, 2.45) is 0 Å². The minimum absolute atomic E-state index is 0. The summed E-state index contributed by atoms with van der Waals surface area (Å²) in [5, 5.41) is 0. The molecule has 0 atom stereocenters. The van der Waals surface area contributed by atoms with Crippen LogP contribution in [0.25, 0.3) is 34.2 Å². The molecule has 1 aliphatic heterocycles. The molecule has 0 aliphatic carbocycles. The van der Waals surface area contributed by atoms with Crippen LogP contribution in [0.15, 0.2) is 122 Å². The molecular weight excluding hydrogens is 966 g/mol. The van der Waals surface area contributed by atoms with E-state index in [9.17, 15) is 42.7 Å². The van der Waals surface area contributed by atoms with E-state index in [0.717, 1.165) is 49.0 Å². The van der Waals surface area contributed by atoms with E-state index in [1.807, 2.05) is 45.1 Å². The zero-order chi connectivity index (χ0) is 41.0. The molecule has 8 rings (SSSR count). The molecule has 0 amide bonds. The van der Waals surface area contributed by atoms with E-state index in [0.29, 0.717) is 11.4 Å². The number of halogens is 10. The molecule has 1 radical (unpaired) electrons. The molecule has 0 saturated heterocycles. The summed E-state index contributed by atoms with van der Waals surface area (Å²) in [5.41, 5.74) is 3.96. The SMILES string of the molecule is C[CH+]C.F[P-](F)(F)(F)(F)F.Fc1c[c-]c(-c2ccccn2)c(F)c1.Fc1c[c-]c(-c2ccccn2)c(F)c1.[Ir].c1ccc2c(c1)Cn1ccnc1-c1nccn1C2. The van der Waals surface area contributed by atoms with Gasteiger partial charge in [0.05, 0.1) is 20.3 Å². The smallest absolute Gasteiger partial charge is 0.176 e. The van der Waals surface area contributed by atoms with Crippen molar-refractivity contribution in [3.63, 3.8) is 0 Å². The zero-order valence-electron chi connectivity index (χ0n) is 29.8. The summed E-state index contributed by atoms with van der Waals surface area (Å²) in [6.45, 7) is 5.72. The van der Waals surface area contributed by atoms with Gasteiger partial charge in [-0.2, -0.15) is 0 Å². The van der Waals surface area contributed by atoms with Crippen LogP contribution in [0.5, 0.6) is 0 Å². The third kappa shape index (κ3) is 15.6. The van der Waals surface area contributed by atoms with Gasteiger partial charge in [-0.05, 0) is 34.6 Å². The number of pyridine rings is 2. The Balaban J connectivity index is 0.000000205. The van der Waals surface area contributed by atoms with Gasteiger partial charge in [0.2, 0.25) is 0 Å². The monoisotopic (exact) mass is 997 g/mol. The van der Waals surface area contributed by atoms with Crippen LogP contribution in [0, 0.1) is 41.8 Å². The molecule has 0 fully saturated rings. The van der Waals surface area contributed by atoms with Gasteiger partial charge in [-0.15, -0.1) is 24.3 Å². The molecule has 18 heteroatoms. The molecule has 7 aromatic rings. The predicted octanol–water partition coefficient (Wildman–Crippen LogP) is 12.4. The van der Waals surface area contributed by atoms with E-state index >= 15 is 0 Å². The minimum atomic E-state index is -10.7. The average molecular weight is 997 g/mol. The normalized spacial score (nSPS) is 12.2. The second kappa shape index (κ2) is 19.2. The Kier molecular flexibility index (Phi) is 15.5. The van der Waals surface area contributed by atoms with Crippen molar-refractivity contribution in [2.75, 3.05) is 0 Å². The first-order valence-electron chi connectivity index (χ1n) is 16.3. The molecule has 303 valence electrons. The van der Waals surface area contributed by atoms with Crippen LogP contribution in [-0.2, 0) is 33.2 Å². The van der Waals surface area contributed by atoms with E-state index < -0.39 is 31.1 Å². The molecule has 0 unspecified atom stereocenters. The van der Waals surface area contributed by atoms with Crippen LogP contribution in [0.3, 0.4) is 0 Å². The maximum atomic E-state index is 13.2. The molecule has 6 nitrogen and oxygen atoms in total. The Morgan fingerprint density at radius 1 is 0.561 bits per heavy atom. The van der Waals surface area contributed by atoms with E-state index in [4.69, 9.17) is 0 Å². The first-order chi connectivity index (χ1) is 26.3. The van der Waals surface area contributed by atoms with Gasteiger partial charge in [0.1, 0.15) is 0 Å². The minimum Gasteiger partial charge on any atom is -0.324 e. The third-order valence-corrected chi connectivity index (χ3v) is 6.99. The Bertz CT molecular complexity index is 2160. The van der Waals surface area contributed by atoms with Gasteiger partial charge in [0.15, 0.2) is 11.6 Å². The molecule has 3 aromatic carbocycles. The van der Waals surface area contributed by atoms with Gasteiger partial charge in [-0.3, -0.25) is 17.6 Å². The van der Waals surface area contributed by atoms with Gasteiger partial charge < -0.3 is 19.1 Å². The van der Waals surface area contributed by atoms with Crippen molar-refractivity contribution in [1.82, 2.24) is 29.1 Å². The van der Waals surface area contributed by atoms with E-state index in [1.165, 1.54) is 11.1 Å². The van der Waals surface area contributed by atoms with Gasteiger partial charge >= 0.3 is 33.0 Å². The van der Waals surface area contributed by atoms with Crippen molar-refractivity contribution < 1.29 is 62.8 Å². The first-order valence-corrected chi connectivity index (χ1v) is 18.3. The first kappa shape index (κ1) is 46.0. The number of imidazole rings is 2. The van der Waals surface area contributed by atoms with E-state index in [2.05, 4.69) is 65.5 Å². The number of benzene rings is 3. The van der Waals surface area contributed by atoms with Crippen molar-refractivity contribution >= 4 is 7.81 Å². The van der Waals surface area contributed by atoms with Crippen molar-refractivity contribution in [1.29, 1.82) is 0 Å². The van der Waals surface area contributed by atoms with Crippen molar-refractivity contribution in [3.05, 3.63) is 175 Å². The number of rotatable bonds is 2. The number of aromatic nitrogens is 6. The molecule has 0 N–H and O–H groups in total. The quantitative estimate of drug-likeness (QED) is 0.0983. The van der Waals surface area contributed by atoms with Gasteiger partial charge in [-0.1, -0.05) is 71.8 Å². The summed E-state index contributed by atoms with van der Waals surface area (Å²) in [7, 11) is -10.7. The summed E-state index contributed by atoms with van der Waals surface area (Å²) in [5.74, 6) is -0.694. The molecule has 0 saturated carbocycles. The molecule has 57 heavy (non-hydrogen) atoms. The predicted molar refractivity (Wildman–Crippen MR) is 194 cm³/mol. The Hall–Kier alpha value is -5.37. The van der Waals surface area contributed by atoms with Gasteiger partial charge in [0, 0.05) is 93.6 Å². The molecule has 0 spiro atoms. The van der Waals surface area contributed by atoms with Crippen LogP contribution in [-0.4, -0.2) is 29.1 Å². The molecular formula is C39H31F10IrN6P-2. The standard InChI is InChI=1S/C14H12N4.2C11H6F2N.C3H7.F6P.Ir/c1-2-4-12-10-18-8-6-16-14(18)13-15-5-7-17(13)9-11(12)3-1;2*12-8-4-5-9(10(13)7-8)11-3-1-2-6-14-11;1-3-2;1-7(2,3,4,5)6;/h1-8H,9-10H2;2*1-4,6-7H;3H,1-2H3;;/q;2*-1;+1;-1;. The summed E-state index contributed by atoms with van der Waals surface area (Å²) >= 11 is 0. The Morgan fingerprint density at radius 3 is 1.23 bits per heavy atom. The maximum absolute atomic E-state index is 13.2. The summed E-state index contributed by atoms with van der Waals surface area (Å²) < 4.78 is 115. The number of hydrogen-bond donors (Lipinski definition) is 0. The van der Waals surface area contributed by atoms with Crippen LogP contribution >= 0.6 is 7.81 Å². The number of nitrogens with zero attached hydrogens (tertiary/aromatic N) is 6. The summed E-state index contributed by atoms with van der Waals surface area (Å²) in [6, 6.07) is 27.6. The average Bonchev–Trinajstić information content (AvgIpc) is 3.77. The Morgan fingerprint density at radius 2 is 0.912 bits per heavy atom. The fourth-order valence-corrected chi connectivity index (χ4v) is 4.82. The summed E-state index contributed by atoms with van der Waals surface area (Å²) in [4.78, 5) is 16.7. The van der Waals surface area contributed by atoms with Gasteiger partial charge in [-0.25, -0.2) is 9.97 Å². The van der Waals surface area contributed by atoms with Crippen molar-refractivity contribution in [3.8, 4) is 34.2 Å². The van der Waals surface area contributed by atoms with Gasteiger partial charge in [0.25, 0.3) is 0 Å². The van der Waals surface area contributed by atoms with Crippen LogP contribution in [0.4, 0.5) is 42.7 Å². The second-order valence-corrected chi connectivity index (χ2v) is 13.5. The molecule has 0 bridgehead atoms. The van der Waals surface area contributed by atoms with E-state index in [1.54, 1.807) is 48.8 Å². The Labute approximate surface area is 334 Å². The maximum Gasteiger partial charge on any atom is 0.176 e. The van der Waals surface area contributed by atoms with Crippen LogP contribution in [0.2, 0.25) is 0 Å². The van der Waals surface area contributed by atoms with Crippen molar-refractivity contribution in [2.45, 2.75) is 26.9 Å². The molecule has 5 heterocycles. The fourth-order valence-electron chi connectivity index (χ4n) is 4.82. The molecule has 4 aromatic heterocycles. The largest absolute Gasteiger partial charge is 0.324 e. The second-order valence-electron chi connectivity index (χ2n) is 11.6. The van der Waals surface area contributed by atoms with Crippen LogP contribution in [0.1, 0.15) is 25.0 Å².